The van der Waals surface area contributed by atoms with Gasteiger partial charge in [0, 0.05) is 44.1 Å². The number of aliphatic carboxylic acids is 1. The number of esters is 1. The van der Waals surface area contributed by atoms with Crippen LogP contribution in [0.5, 0.6) is 0 Å². The standard InChI is InChI=1S/C20H26N2O2S.C18H22N2O2S/c1-5-24-19(23)17-12-25-18-15(10-20(3,4)11-16(18)22-17)21-14-8-6-13(2)7-9-14;1-11-4-6-12(7-5-11)19-13-8-18(2,3)9-14-16(13)23-10-15(20-14)17(21)22/h6-9,17,21H,5,10-12H2,1-4H3;4-7,15,19H,8-10H2,1-3H3,(H,21,22). The number of ether oxygens (including phenoxy) is 1. The van der Waals surface area contributed by atoms with Crippen molar-refractivity contribution in [2.45, 2.75) is 86.2 Å². The van der Waals surface area contributed by atoms with Gasteiger partial charge in [0.15, 0.2) is 12.1 Å². The molecule has 2 aromatic rings. The summed E-state index contributed by atoms with van der Waals surface area (Å²) in [6.45, 7) is 15.3. The number of anilines is 2. The second-order valence-corrected chi connectivity index (χ2v) is 16.6. The lowest BCUT2D eigenvalue weighted by Gasteiger charge is -2.36. The lowest BCUT2D eigenvalue weighted by molar-refractivity contribution is -0.144. The van der Waals surface area contributed by atoms with E-state index in [4.69, 9.17) is 9.73 Å². The summed E-state index contributed by atoms with van der Waals surface area (Å²) in [5.41, 5.74) is 9.20. The highest BCUT2D eigenvalue weighted by molar-refractivity contribution is 8.04. The molecule has 2 aromatic carbocycles. The number of nitrogens with zero attached hydrogens (tertiary/aromatic N) is 2. The van der Waals surface area contributed by atoms with E-state index in [1.165, 1.54) is 21.7 Å². The van der Waals surface area contributed by atoms with E-state index in [1.54, 1.807) is 23.5 Å². The van der Waals surface area contributed by atoms with Gasteiger partial charge in [0.1, 0.15) is 0 Å². The summed E-state index contributed by atoms with van der Waals surface area (Å²) >= 11 is 3.35. The van der Waals surface area contributed by atoms with Crippen LogP contribution in [0.25, 0.3) is 0 Å². The number of carboxylic acids is 1. The van der Waals surface area contributed by atoms with Gasteiger partial charge in [-0.1, -0.05) is 63.1 Å². The number of aliphatic imine (C=N–C) groups is 2. The summed E-state index contributed by atoms with van der Waals surface area (Å²) in [4.78, 5) is 34.9. The fourth-order valence-electron chi connectivity index (χ4n) is 6.29. The van der Waals surface area contributed by atoms with Gasteiger partial charge in [-0.05, 0) is 81.5 Å². The molecule has 3 N–H and O–H groups in total. The Labute approximate surface area is 293 Å². The smallest absolute Gasteiger partial charge is 0.331 e. The Kier molecular flexibility index (Phi) is 11.1. The number of aryl methyl sites for hydroxylation is 2. The first-order valence-corrected chi connectivity index (χ1v) is 18.6. The zero-order chi connectivity index (χ0) is 34.6. The van der Waals surface area contributed by atoms with E-state index in [-0.39, 0.29) is 22.8 Å². The Morgan fingerprint density at radius 1 is 0.750 bits per heavy atom. The Morgan fingerprint density at radius 2 is 1.17 bits per heavy atom. The quantitative estimate of drug-likeness (QED) is 0.248. The molecule has 4 aliphatic rings. The van der Waals surface area contributed by atoms with Crippen molar-refractivity contribution in [3.8, 4) is 0 Å². The zero-order valence-electron chi connectivity index (χ0n) is 29.1. The van der Waals surface area contributed by atoms with Gasteiger partial charge in [0.2, 0.25) is 0 Å². The molecule has 0 fully saturated rings. The third-order valence-corrected chi connectivity index (χ3v) is 11.1. The van der Waals surface area contributed by atoms with Gasteiger partial charge in [0.05, 0.1) is 18.0 Å². The van der Waals surface area contributed by atoms with Crippen LogP contribution < -0.4 is 10.6 Å². The summed E-state index contributed by atoms with van der Waals surface area (Å²) < 4.78 is 5.16. The Morgan fingerprint density at radius 3 is 1.58 bits per heavy atom. The van der Waals surface area contributed by atoms with Gasteiger partial charge in [-0.3, -0.25) is 9.98 Å². The van der Waals surface area contributed by atoms with Crippen LogP contribution in [0.15, 0.2) is 79.7 Å². The lowest BCUT2D eigenvalue weighted by Crippen LogP contribution is -2.34. The Hall–Kier alpha value is -3.50. The van der Waals surface area contributed by atoms with Crippen molar-refractivity contribution < 1.29 is 19.4 Å². The van der Waals surface area contributed by atoms with Gasteiger partial charge in [0.25, 0.3) is 0 Å². The number of benzene rings is 2. The summed E-state index contributed by atoms with van der Waals surface area (Å²) in [6, 6.07) is 15.8. The average molecular weight is 689 g/mol. The first kappa shape index (κ1) is 35.8. The third-order valence-electron chi connectivity index (χ3n) is 8.61. The predicted molar refractivity (Wildman–Crippen MR) is 201 cm³/mol. The third kappa shape index (κ3) is 9.14. The highest BCUT2D eigenvalue weighted by atomic mass is 32.2. The van der Waals surface area contributed by atoms with Crippen molar-refractivity contribution in [2.24, 2.45) is 20.8 Å². The maximum atomic E-state index is 12.1. The van der Waals surface area contributed by atoms with Crippen molar-refractivity contribution in [1.82, 2.24) is 0 Å². The minimum absolute atomic E-state index is 0.0797. The first-order chi connectivity index (χ1) is 22.7. The molecule has 2 heterocycles. The number of fused-ring (bicyclic) bond motifs is 2. The molecule has 2 atom stereocenters. The van der Waals surface area contributed by atoms with E-state index < -0.39 is 12.0 Å². The van der Waals surface area contributed by atoms with Gasteiger partial charge < -0.3 is 20.5 Å². The molecule has 0 radical (unpaired) electrons. The number of hydrogen-bond donors (Lipinski definition) is 3. The Bertz CT molecular complexity index is 1660. The molecule has 0 amide bonds. The molecule has 0 bridgehead atoms. The van der Waals surface area contributed by atoms with Crippen LogP contribution in [-0.4, -0.2) is 58.7 Å². The number of carbonyl (C=O) groups is 2. The summed E-state index contributed by atoms with van der Waals surface area (Å²) in [5.74, 6) is 0.114. The van der Waals surface area contributed by atoms with E-state index in [1.807, 2.05) is 6.92 Å². The Balaban J connectivity index is 0.000000188. The first-order valence-electron chi connectivity index (χ1n) is 16.6. The molecule has 0 saturated carbocycles. The molecule has 0 spiro atoms. The van der Waals surface area contributed by atoms with Gasteiger partial charge in [-0.2, -0.15) is 0 Å². The fourth-order valence-corrected chi connectivity index (χ4v) is 8.55. The minimum Gasteiger partial charge on any atom is -0.480 e. The van der Waals surface area contributed by atoms with Crippen LogP contribution in [0.3, 0.4) is 0 Å². The van der Waals surface area contributed by atoms with E-state index in [2.05, 4.69) is 106 Å². The maximum absolute atomic E-state index is 12.1. The number of thioether (sulfide) groups is 2. The lowest BCUT2D eigenvalue weighted by atomic mass is 9.78. The van der Waals surface area contributed by atoms with Crippen LogP contribution in [0.1, 0.15) is 71.4 Å². The number of allylic oxidation sites excluding steroid dienone is 4. The van der Waals surface area contributed by atoms with E-state index in [0.717, 1.165) is 59.1 Å². The van der Waals surface area contributed by atoms with E-state index in [9.17, 15) is 14.7 Å². The second kappa shape index (κ2) is 14.9. The van der Waals surface area contributed by atoms with Crippen molar-refractivity contribution in [3.63, 3.8) is 0 Å². The molecule has 0 saturated heterocycles. The van der Waals surface area contributed by atoms with Gasteiger partial charge in [-0.25, -0.2) is 9.59 Å². The molecular formula is C38H48N4O4S2. The number of carbonyl (C=O) groups excluding carboxylic acids is 1. The summed E-state index contributed by atoms with van der Waals surface area (Å²) in [5, 5.41) is 16.4. The molecule has 6 rings (SSSR count). The highest BCUT2D eigenvalue weighted by Gasteiger charge is 2.37. The van der Waals surface area contributed by atoms with Crippen LogP contribution in [0.4, 0.5) is 11.4 Å². The van der Waals surface area contributed by atoms with Crippen LogP contribution in [-0.2, 0) is 14.3 Å². The average Bonchev–Trinajstić information content (AvgIpc) is 3.02. The molecule has 10 heteroatoms. The molecule has 48 heavy (non-hydrogen) atoms. The predicted octanol–water partition coefficient (Wildman–Crippen LogP) is 8.64. The molecule has 2 aliphatic carbocycles. The normalized spacial score (nSPS) is 22.6. The van der Waals surface area contributed by atoms with Crippen LogP contribution >= 0.6 is 23.5 Å². The van der Waals surface area contributed by atoms with Crippen molar-refractivity contribution >= 4 is 58.3 Å². The summed E-state index contributed by atoms with van der Waals surface area (Å²) in [7, 11) is 0. The molecule has 256 valence electrons. The number of hydrogen-bond acceptors (Lipinski definition) is 9. The summed E-state index contributed by atoms with van der Waals surface area (Å²) in [6.07, 6.45) is 3.65. The van der Waals surface area contributed by atoms with Crippen molar-refractivity contribution in [3.05, 3.63) is 80.9 Å². The number of nitrogens with one attached hydrogen (secondary N) is 2. The fraction of sp³-hybridized carbons (Fsp3) is 0.474. The van der Waals surface area contributed by atoms with Gasteiger partial charge in [-0.15, -0.1) is 23.5 Å². The van der Waals surface area contributed by atoms with Gasteiger partial charge >= 0.3 is 11.9 Å². The largest absolute Gasteiger partial charge is 0.480 e. The van der Waals surface area contributed by atoms with E-state index >= 15 is 0 Å². The van der Waals surface area contributed by atoms with Crippen molar-refractivity contribution in [1.29, 1.82) is 0 Å². The molecule has 0 aromatic heterocycles. The molecule has 2 aliphatic heterocycles. The SMILES string of the molecule is CCOC(=O)C1CSC2=C(Nc3ccc(C)cc3)CC(C)(C)CC2=N1.Cc1ccc(NC2=C3SCC(C(=O)O)N=C3CC(C)(C)C2)cc1. The number of carboxylic acid groups (broad SMARTS) is 1. The highest BCUT2D eigenvalue weighted by Crippen LogP contribution is 2.45. The zero-order valence-corrected chi connectivity index (χ0v) is 30.7. The molecule has 8 nitrogen and oxygen atoms in total. The second-order valence-electron chi connectivity index (χ2n) is 14.5. The monoisotopic (exact) mass is 688 g/mol. The van der Waals surface area contributed by atoms with Crippen molar-refractivity contribution in [2.75, 3.05) is 28.7 Å². The van der Waals surface area contributed by atoms with E-state index in [0.29, 0.717) is 18.1 Å². The molecule has 2 unspecified atom stereocenters. The molecular weight excluding hydrogens is 641 g/mol. The topological polar surface area (TPSA) is 112 Å². The van der Waals surface area contributed by atoms with Crippen LogP contribution in [0.2, 0.25) is 0 Å². The maximum Gasteiger partial charge on any atom is 0.331 e. The number of rotatable bonds is 7. The minimum atomic E-state index is -0.833. The van der Waals surface area contributed by atoms with Crippen LogP contribution in [0, 0.1) is 24.7 Å².